The fourth-order valence-electron chi connectivity index (χ4n) is 2.29. The maximum atomic E-state index is 10.7. The molecule has 1 aromatic carbocycles. The lowest BCUT2D eigenvalue weighted by atomic mass is 9.81. The Kier molecular flexibility index (Phi) is 2.96. The number of fused-ring (bicyclic) bond motifs is 1. The minimum absolute atomic E-state index is 0.143. The summed E-state index contributed by atoms with van der Waals surface area (Å²) in [6.07, 6.45) is 3.29. The molecule has 0 amide bonds. The number of aryl methyl sites for hydroxylation is 1. The quantitative estimate of drug-likeness (QED) is 0.838. The number of aliphatic carboxylic acids is 1. The summed E-state index contributed by atoms with van der Waals surface area (Å²) in [4.78, 5) is 10.7. The van der Waals surface area contributed by atoms with Gasteiger partial charge in [-0.1, -0.05) is 17.7 Å². The lowest BCUT2D eigenvalue weighted by molar-refractivity contribution is -0.137. The lowest BCUT2D eigenvalue weighted by Gasteiger charge is -2.24. The van der Waals surface area contributed by atoms with Gasteiger partial charge < -0.3 is 5.11 Å². The zero-order valence-corrected chi connectivity index (χ0v) is 9.13. The Morgan fingerprint density at radius 3 is 3.07 bits per heavy atom. The summed E-state index contributed by atoms with van der Waals surface area (Å²) in [5.74, 6) is -0.585. The number of halogens is 1. The first-order chi connectivity index (χ1) is 7.16. The fraction of sp³-hybridized carbons (Fsp3) is 0.417. The zero-order valence-electron chi connectivity index (χ0n) is 8.37. The van der Waals surface area contributed by atoms with E-state index in [4.69, 9.17) is 16.7 Å². The van der Waals surface area contributed by atoms with E-state index in [1.165, 1.54) is 5.56 Å². The number of hydrogen-bond donors (Lipinski definition) is 1. The smallest absolute Gasteiger partial charge is 0.303 e. The van der Waals surface area contributed by atoms with E-state index in [0.29, 0.717) is 5.02 Å². The molecule has 2 nitrogen and oxygen atoms in total. The van der Waals surface area contributed by atoms with Crippen molar-refractivity contribution in [1.82, 2.24) is 0 Å². The molecule has 1 atom stereocenters. The molecule has 0 bridgehead atoms. The monoisotopic (exact) mass is 224 g/mol. The van der Waals surface area contributed by atoms with Gasteiger partial charge in [-0.3, -0.25) is 4.79 Å². The third kappa shape index (κ3) is 2.32. The van der Waals surface area contributed by atoms with Crippen LogP contribution in [0.4, 0.5) is 0 Å². The first-order valence-electron chi connectivity index (χ1n) is 5.17. The molecule has 3 heteroatoms. The van der Waals surface area contributed by atoms with Gasteiger partial charge >= 0.3 is 5.97 Å². The van der Waals surface area contributed by atoms with E-state index >= 15 is 0 Å². The average molecular weight is 225 g/mol. The highest BCUT2D eigenvalue weighted by Gasteiger charge is 2.22. The summed E-state index contributed by atoms with van der Waals surface area (Å²) >= 11 is 5.93. The van der Waals surface area contributed by atoms with Crippen LogP contribution in [0.2, 0.25) is 5.02 Å². The standard InChI is InChI=1S/C12H13ClO2/c13-10-5-4-8-2-1-3-9(6-12(14)15)11(8)7-10/h4-5,7,9H,1-3,6H2,(H,14,15). The van der Waals surface area contributed by atoms with Gasteiger partial charge in [0.1, 0.15) is 0 Å². The number of carbonyl (C=O) groups is 1. The predicted octanol–water partition coefficient (Wildman–Crippen LogP) is 3.23. The first-order valence-corrected chi connectivity index (χ1v) is 5.54. The third-order valence-electron chi connectivity index (χ3n) is 2.97. The van der Waals surface area contributed by atoms with Gasteiger partial charge in [0.25, 0.3) is 0 Å². The molecule has 1 unspecified atom stereocenters. The van der Waals surface area contributed by atoms with Crippen LogP contribution in [0.25, 0.3) is 0 Å². The van der Waals surface area contributed by atoms with Gasteiger partial charge in [-0.25, -0.2) is 0 Å². The molecule has 0 spiro atoms. The number of hydrogen-bond acceptors (Lipinski definition) is 1. The van der Waals surface area contributed by atoms with Crippen LogP contribution in [0.15, 0.2) is 18.2 Å². The predicted molar refractivity (Wildman–Crippen MR) is 59.4 cm³/mol. The molecule has 1 N–H and O–H groups in total. The van der Waals surface area contributed by atoms with Gasteiger partial charge in [0.15, 0.2) is 0 Å². The van der Waals surface area contributed by atoms with E-state index in [0.717, 1.165) is 24.8 Å². The van der Waals surface area contributed by atoms with Crippen molar-refractivity contribution in [3.63, 3.8) is 0 Å². The number of carboxylic acids is 1. The number of carboxylic acid groups (broad SMARTS) is 1. The van der Waals surface area contributed by atoms with Gasteiger partial charge in [-0.05, 0) is 48.4 Å². The third-order valence-corrected chi connectivity index (χ3v) is 3.20. The summed E-state index contributed by atoms with van der Waals surface area (Å²) in [6.45, 7) is 0. The summed E-state index contributed by atoms with van der Waals surface area (Å²) in [5.41, 5.74) is 2.40. The molecular formula is C12H13ClO2. The number of benzene rings is 1. The van der Waals surface area contributed by atoms with Crippen LogP contribution < -0.4 is 0 Å². The highest BCUT2D eigenvalue weighted by atomic mass is 35.5. The molecule has 0 saturated heterocycles. The largest absolute Gasteiger partial charge is 0.481 e. The Balaban J connectivity index is 2.32. The molecular weight excluding hydrogens is 212 g/mol. The normalized spacial score (nSPS) is 19.7. The first kappa shape index (κ1) is 10.5. The SMILES string of the molecule is O=C(O)CC1CCCc2ccc(Cl)cc21. The molecule has 15 heavy (non-hydrogen) atoms. The van der Waals surface area contributed by atoms with E-state index in [2.05, 4.69) is 0 Å². The molecule has 0 aliphatic heterocycles. The summed E-state index contributed by atoms with van der Waals surface area (Å²) < 4.78 is 0. The van der Waals surface area contributed by atoms with Crippen LogP contribution in [-0.4, -0.2) is 11.1 Å². The van der Waals surface area contributed by atoms with Crippen molar-refractivity contribution in [2.75, 3.05) is 0 Å². The van der Waals surface area contributed by atoms with Gasteiger partial charge in [0.05, 0.1) is 6.42 Å². The van der Waals surface area contributed by atoms with Crippen molar-refractivity contribution in [2.45, 2.75) is 31.6 Å². The van der Waals surface area contributed by atoms with Crippen molar-refractivity contribution >= 4 is 17.6 Å². The van der Waals surface area contributed by atoms with Crippen LogP contribution in [0.3, 0.4) is 0 Å². The molecule has 2 rings (SSSR count). The maximum Gasteiger partial charge on any atom is 0.303 e. The second kappa shape index (κ2) is 4.23. The molecule has 0 heterocycles. The highest BCUT2D eigenvalue weighted by molar-refractivity contribution is 6.30. The van der Waals surface area contributed by atoms with E-state index in [9.17, 15) is 4.79 Å². The Bertz CT molecular complexity index is 387. The van der Waals surface area contributed by atoms with Gasteiger partial charge in [0, 0.05) is 5.02 Å². The van der Waals surface area contributed by atoms with E-state index in [-0.39, 0.29) is 12.3 Å². The summed E-state index contributed by atoms with van der Waals surface area (Å²) in [7, 11) is 0. The van der Waals surface area contributed by atoms with Crippen molar-refractivity contribution in [1.29, 1.82) is 0 Å². The Morgan fingerprint density at radius 2 is 2.33 bits per heavy atom. The lowest BCUT2D eigenvalue weighted by Crippen LogP contribution is -2.13. The van der Waals surface area contributed by atoms with Crippen LogP contribution >= 0.6 is 11.6 Å². The van der Waals surface area contributed by atoms with Crippen LogP contribution in [0.5, 0.6) is 0 Å². The highest BCUT2D eigenvalue weighted by Crippen LogP contribution is 2.35. The van der Waals surface area contributed by atoms with Crippen molar-refractivity contribution in [3.05, 3.63) is 34.3 Å². The average Bonchev–Trinajstić information content (AvgIpc) is 2.18. The zero-order chi connectivity index (χ0) is 10.8. The summed E-state index contributed by atoms with van der Waals surface area (Å²) in [5, 5.41) is 9.53. The van der Waals surface area contributed by atoms with Crippen molar-refractivity contribution in [2.24, 2.45) is 0 Å². The van der Waals surface area contributed by atoms with Crippen molar-refractivity contribution in [3.8, 4) is 0 Å². The minimum Gasteiger partial charge on any atom is -0.481 e. The van der Waals surface area contributed by atoms with E-state index in [1.807, 2.05) is 18.2 Å². The fourth-order valence-corrected chi connectivity index (χ4v) is 2.47. The van der Waals surface area contributed by atoms with Gasteiger partial charge in [-0.15, -0.1) is 0 Å². The van der Waals surface area contributed by atoms with Gasteiger partial charge in [0.2, 0.25) is 0 Å². The minimum atomic E-state index is -0.729. The second-order valence-electron chi connectivity index (χ2n) is 4.03. The second-order valence-corrected chi connectivity index (χ2v) is 4.47. The van der Waals surface area contributed by atoms with E-state index < -0.39 is 5.97 Å². The maximum absolute atomic E-state index is 10.7. The van der Waals surface area contributed by atoms with Crippen molar-refractivity contribution < 1.29 is 9.90 Å². The topological polar surface area (TPSA) is 37.3 Å². The molecule has 1 aliphatic carbocycles. The van der Waals surface area contributed by atoms with Gasteiger partial charge in [-0.2, -0.15) is 0 Å². The van der Waals surface area contributed by atoms with Crippen LogP contribution in [-0.2, 0) is 11.2 Å². The Morgan fingerprint density at radius 1 is 1.53 bits per heavy atom. The molecule has 1 aromatic rings. The molecule has 80 valence electrons. The molecule has 0 saturated carbocycles. The van der Waals surface area contributed by atoms with Crippen LogP contribution in [0.1, 0.15) is 36.3 Å². The number of rotatable bonds is 2. The molecule has 0 radical (unpaired) electrons. The van der Waals surface area contributed by atoms with Crippen LogP contribution in [0, 0.1) is 0 Å². The Hall–Kier alpha value is -1.02. The summed E-state index contributed by atoms with van der Waals surface area (Å²) in [6, 6.07) is 5.82. The molecule has 1 aliphatic rings. The molecule has 0 fully saturated rings. The Labute approximate surface area is 93.9 Å². The molecule has 0 aromatic heterocycles. The van der Waals surface area contributed by atoms with E-state index in [1.54, 1.807) is 0 Å².